The van der Waals surface area contributed by atoms with Crippen molar-refractivity contribution in [1.29, 1.82) is 0 Å². The van der Waals surface area contributed by atoms with E-state index in [9.17, 15) is 0 Å². The Morgan fingerprint density at radius 3 is 2.45 bits per heavy atom. The van der Waals surface area contributed by atoms with Crippen LogP contribution < -0.4 is 14.8 Å². The van der Waals surface area contributed by atoms with Gasteiger partial charge in [0.15, 0.2) is 11.5 Å². The molecule has 6 heteroatoms. The number of hydrogen-bond acceptors (Lipinski definition) is 4. The molecule has 0 fully saturated rings. The van der Waals surface area contributed by atoms with Gasteiger partial charge in [-0.2, -0.15) is 5.10 Å². The van der Waals surface area contributed by atoms with Crippen molar-refractivity contribution in [3.05, 3.63) is 35.1 Å². The molecule has 1 atom stereocenters. The van der Waals surface area contributed by atoms with E-state index in [-0.39, 0.29) is 6.04 Å². The average Bonchev–Trinajstić information content (AvgIpc) is 2.87. The molecule has 0 saturated heterocycles. The summed E-state index contributed by atoms with van der Waals surface area (Å²) in [6, 6.07) is 3.64. The van der Waals surface area contributed by atoms with Crippen molar-refractivity contribution in [2.45, 2.75) is 13.0 Å². The highest BCUT2D eigenvalue weighted by molar-refractivity contribution is 6.33. The molecular weight excluding hydrogens is 278 g/mol. The van der Waals surface area contributed by atoms with E-state index < -0.39 is 0 Å². The van der Waals surface area contributed by atoms with Crippen LogP contribution in [0.15, 0.2) is 24.5 Å². The minimum atomic E-state index is 0.0827. The van der Waals surface area contributed by atoms with E-state index in [1.54, 1.807) is 25.0 Å². The van der Waals surface area contributed by atoms with Crippen LogP contribution in [0.25, 0.3) is 0 Å². The second-order valence-electron chi connectivity index (χ2n) is 4.50. The molecule has 0 aliphatic heterocycles. The molecule has 20 heavy (non-hydrogen) atoms. The SMILES string of the molecule is COc1cc(Cl)c(NC(C)c2cnn(C)c2)cc1OC. The summed E-state index contributed by atoms with van der Waals surface area (Å²) in [6.45, 7) is 2.05. The molecular formula is C14H18ClN3O2. The number of nitrogens with one attached hydrogen (secondary N) is 1. The maximum atomic E-state index is 6.25. The second kappa shape index (κ2) is 6.05. The highest BCUT2D eigenvalue weighted by atomic mass is 35.5. The van der Waals surface area contributed by atoms with E-state index >= 15 is 0 Å². The quantitative estimate of drug-likeness (QED) is 0.920. The first-order valence-corrected chi connectivity index (χ1v) is 6.59. The third-order valence-corrected chi connectivity index (χ3v) is 3.38. The number of aromatic nitrogens is 2. The van der Waals surface area contributed by atoms with Crippen molar-refractivity contribution in [2.75, 3.05) is 19.5 Å². The number of hydrogen-bond donors (Lipinski definition) is 1. The summed E-state index contributed by atoms with van der Waals surface area (Å²) >= 11 is 6.25. The Labute approximate surface area is 123 Å². The lowest BCUT2D eigenvalue weighted by Crippen LogP contribution is -2.06. The standard InChI is InChI=1S/C14H18ClN3O2/c1-9(10-7-16-18(2)8-10)17-12-6-14(20-4)13(19-3)5-11(12)15/h5-9,17H,1-4H3. The third kappa shape index (κ3) is 2.99. The van der Waals surface area contributed by atoms with Crippen LogP contribution in [0, 0.1) is 0 Å². The predicted octanol–water partition coefficient (Wildman–Crippen LogP) is 3.26. The number of ether oxygens (including phenoxy) is 2. The van der Waals surface area contributed by atoms with Gasteiger partial charge in [0.2, 0.25) is 0 Å². The Morgan fingerprint density at radius 1 is 1.25 bits per heavy atom. The smallest absolute Gasteiger partial charge is 0.162 e. The Balaban J connectivity index is 2.24. The van der Waals surface area contributed by atoms with E-state index in [4.69, 9.17) is 21.1 Å². The molecule has 0 bridgehead atoms. The van der Waals surface area contributed by atoms with Crippen LogP contribution in [0.3, 0.4) is 0 Å². The van der Waals surface area contributed by atoms with Crippen LogP contribution >= 0.6 is 11.6 Å². The van der Waals surface area contributed by atoms with Gasteiger partial charge in [-0.3, -0.25) is 4.68 Å². The van der Waals surface area contributed by atoms with Crippen LogP contribution in [-0.4, -0.2) is 24.0 Å². The summed E-state index contributed by atoms with van der Waals surface area (Å²) in [5.74, 6) is 1.25. The van der Waals surface area contributed by atoms with Crippen molar-refractivity contribution in [3.8, 4) is 11.5 Å². The van der Waals surface area contributed by atoms with Gasteiger partial charge in [0, 0.05) is 30.9 Å². The van der Waals surface area contributed by atoms with Crippen molar-refractivity contribution >= 4 is 17.3 Å². The minimum absolute atomic E-state index is 0.0827. The fourth-order valence-electron chi connectivity index (χ4n) is 1.95. The summed E-state index contributed by atoms with van der Waals surface area (Å²) < 4.78 is 12.3. The first kappa shape index (κ1) is 14.5. The molecule has 1 unspecified atom stereocenters. The number of methoxy groups -OCH3 is 2. The van der Waals surface area contributed by atoms with E-state index in [1.807, 2.05) is 32.4 Å². The average molecular weight is 296 g/mol. The van der Waals surface area contributed by atoms with Gasteiger partial charge < -0.3 is 14.8 Å². The zero-order chi connectivity index (χ0) is 14.7. The summed E-state index contributed by atoms with van der Waals surface area (Å²) in [4.78, 5) is 0. The zero-order valence-corrected chi connectivity index (χ0v) is 12.7. The Kier molecular flexibility index (Phi) is 4.39. The Hall–Kier alpha value is -1.88. The maximum Gasteiger partial charge on any atom is 0.162 e. The van der Waals surface area contributed by atoms with Crippen molar-refractivity contribution in [2.24, 2.45) is 7.05 Å². The molecule has 0 radical (unpaired) electrons. The van der Waals surface area contributed by atoms with Crippen molar-refractivity contribution in [1.82, 2.24) is 9.78 Å². The van der Waals surface area contributed by atoms with E-state index in [0.717, 1.165) is 11.3 Å². The lowest BCUT2D eigenvalue weighted by atomic mass is 10.1. The van der Waals surface area contributed by atoms with Crippen LogP contribution in [0.5, 0.6) is 11.5 Å². The van der Waals surface area contributed by atoms with Gasteiger partial charge in [0.1, 0.15) is 0 Å². The molecule has 1 aromatic heterocycles. The summed E-state index contributed by atoms with van der Waals surface area (Å²) in [5, 5.41) is 8.09. The highest BCUT2D eigenvalue weighted by Gasteiger charge is 2.13. The third-order valence-electron chi connectivity index (χ3n) is 3.07. The number of halogens is 1. The van der Waals surface area contributed by atoms with Gasteiger partial charge >= 0.3 is 0 Å². The minimum Gasteiger partial charge on any atom is -0.493 e. The molecule has 0 spiro atoms. The van der Waals surface area contributed by atoms with Gasteiger partial charge in [0.05, 0.1) is 37.2 Å². The van der Waals surface area contributed by atoms with Crippen LogP contribution in [0.1, 0.15) is 18.5 Å². The Morgan fingerprint density at radius 2 is 1.90 bits per heavy atom. The molecule has 1 aromatic carbocycles. The molecule has 0 saturated carbocycles. The first-order valence-electron chi connectivity index (χ1n) is 6.21. The molecule has 1 heterocycles. The summed E-state index contributed by atoms with van der Waals surface area (Å²) in [5.41, 5.74) is 1.87. The molecule has 0 aliphatic rings. The van der Waals surface area contributed by atoms with E-state index in [2.05, 4.69) is 10.4 Å². The van der Waals surface area contributed by atoms with Crippen molar-refractivity contribution in [3.63, 3.8) is 0 Å². The van der Waals surface area contributed by atoms with E-state index in [1.165, 1.54) is 0 Å². The molecule has 108 valence electrons. The fraction of sp³-hybridized carbons (Fsp3) is 0.357. The van der Waals surface area contributed by atoms with Crippen LogP contribution in [0.2, 0.25) is 5.02 Å². The molecule has 1 N–H and O–H groups in total. The fourth-order valence-corrected chi connectivity index (χ4v) is 2.15. The molecule has 0 amide bonds. The van der Waals surface area contributed by atoms with Crippen molar-refractivity contribution < 1.29 is 9.47 Å². The summed E-state index contributed by atoms with van der Waals surface area (Å²) in [6.07, 6.45) is 3.79. The number of nitrogens with zero attached hydrogens (tertiary/aromatic N) is 2. The molecule has 5 nitrogen and oxygen atoms in total. The van der Waals surface area contributed by atoms with E-state index in [0.29, 0.717) is 16.5 Å². The molecule has 2 rings (SSSR count). The van der Waals surface area contributed by atoms with Crippen LogP contribution in [0.4, 0.5) is 5.69 Å². The second-order valence-corrected chi connectivity index (χ2v) is 4.91. The van der Waals surface area contributed by atoms with Gasteiger partial charge in [-0.1, -0.05) is 11.6 Å². The molecule has 0 aliphatic carbocycles. The number of aryl methyl sites for hydroxylation is 1. The lowest BCUT2D eigenvalue weighted by molar-refractivity contribution is 0.355. The van der Waals surface area contributed by atoms with Gasteiger partial charge in [-0.15, -0.1) is 0 Å². The predicted molar refractivity (Wildman–Crippen MR) is 79.8 cm³/mol. The Bertz CT molecular complexity index is 598. The van der Waals surface area contributed by atoms with Gasteiger partial charge in [-0.25, -0.2) is 0 Å². The number of anilines is 1. The topological polar surface area (TPSA) is 48.3 Å². The highest BCUT2D eigenvalue weighted by Crippen LogP contribution is 2.37. The number of benzene rings is 1. The van der Waals surface area contributed by atoms with Gasteiger partial charge in [-0.05, 0) is 6.92 Å². The number of rotatable bonds is 5. The first-order chi connectivity index (χ1) is 9.55. The molecule has 2 aromatic rings. The maximum absolute atomic E-state index is 6.25. The monoisotopic (exact) mass is 295 g/mol. The normalized spacial score (nSPS) is 12.1. The lowest BCUT2D eigenvalue weighted by Gasteiger charge is -2.17. The van der Waals surface area contributed by atoms with Gasteiger partial charge in [0.25, 0.3) is 0 Å². The van der Waals surface area contributed by atoms with Crippen LogP contribution in [-0.2, 0) is 7.05 Å². The summed E-state index contributed by atoms with van der Waals surface area (Å²) in [7, 11) is 5.07. The zero-order valence-electron chi connectivity index (χ0n) is 12.0. The largest absolute Gasteiger partial charge is 0.493 e.